The number of phenols is 1. The van der Waals surface area contributed by atoms with Crippen molar-refractivity contribution in [3.63, 3.8) is 0 Å². The molecule has 0 saturated carbocycles. The van der Waals surface area contributed by atoms with Crippen LogP contribution < -0.4 is 4.74 Å². The Hall–Kier alpha value is -3.76. The molecule has 164 valence electrons. The minimum atomic E-state index is -0.294. The SMILES string of the molecule is Cc1c(-n2c(-c3ccc(F)cc3)cc3cccc(OCc4ccccc4)c32)ccc(O)c1Cl. The van der Waals surface area contributed by atoms with Crippen LogP contribution in [0.2, 0.25) is 5.02 Å². The summed E-state index contributed by atoms with van der Waals surface area (Å²) in [6, 6.07) is 27.8. The highest BCUT2D eigenvalue weighted by Crippen LogP contribution is 2.40. The van der Waals surface area contributed by atoms with Crippen LogP contribution in [-0.4, -0.2) is 9.67 Å². The minimum absolute atomic E-state index is 0.0262. The van der Waals surface area contributed by atoms with Gasteiger partial charge < -0.3 is 14.4 Å². The summed E-state index contributed by atoms with van der Waals surface area (Å²) in [5, 5.41) is 11.4. The number of halogens is 2. The van der Waals surface area contributed by atoms with Crippen LogP contribution >= 0.6 is 11.6 Å². The number of ether oxygens (including phenoxy) is 1. The summed E-state index contributed by atoms with van der Waals surface area (Å²) in [5.74, 6) is 0.448. The summed E-state index contributed by atoms with van der Waals surface area (Å²) >= 11 is 6.41. The lowest BCUT2D eigenvalue weighted by Gasteiger charge is -2.17. The van der Waals surface area contributed by atoms with Crippen LogP contribution in [0.25, 0.3) is 27.8 Å². The molecule has 0 fully saturated rings. The van der Waals surface area contributed by atoms with Gasteiger partial charge in [-0.2, -0.15) is 0 Å². The number of phenolic OH excluding ortho intramolecular Hbond substituents is 1. The summed E-state index contributed by atoms with van der Waals surface area (Å²) in [7, 11) is 0. The van der Waals surface area contributed by atoms with Crippen molar-refractivity contribution in [2.45, 2.75) is 13.5 Å². The van der Waals surface area contributed by atoms with Crippen LogP contribution in [-0.2, 0) is 6.61 Å². The number of fused-ring (bicyclic) bond motifs is 1. The Balaban J connectivity index is 1.74. The van der Waals surface area contributed by atoms with Crippen LogP contribution in [0.15, 0.2) is 91.0 Å². The fourth-order valence-corrected chi connectivity index (χ4v) is 4.23. The largest absolute Gasteiger partial charge is 0.506 e. The van der Waals surface area contributed by atoms with Crippen molar-refractivity contribution in [3.05, 3.63) is 113 Å². The number of rotatable bonds is 5. The molecule has 0 aliphatic heterocycles. The van der Waals surface area contributed by atoms with E-state index in [1.165, 1.54) is 12.1 Å². The standard InChI is InChI=1S/C28H21ClFNO2/c1-18-23(14-15-25(32)27(18)29)31-24(20-10-12-22(30)13-11-20)16-21-8-5-9-26(28(21)31)33-17-19-6-3-2-4-7-19/h2-16,32H,17H2,1H3. The maximum Gasteiger partial charge on any atom is 0.144 e. The molecule has 0 aliphatic carbocycles. The molecular weight excluding hydrogens is 437 g/mol. The lowest BCUT2D eigenvalue weighted by molar-refractivity contribution is 0.309. The molecule has 5 aromatic rings. The first kappa shape index (κ1) is 21.1. The molecule has 0 amide bonds. The Labute approximate surface area is 196 Å². The van der Waals surface area contributed by atoms with Gasteiger partial charge in [-0.15, -0.1) is 0 Å². The molecule has 3 nitrogen and oxygen atoms in total. The van der Waals surface area contributed by atoms with Gasteiger partial charge in [-0.3, -0.25) is 0 Å². The van der Waals surface area contributed by atoms with Gasteiger partial charge in [0, 0.05) is 5.39 Å². The second kappa shape index (κ2) is 8.64. The second-order valence-electron chi connectivity index (χ2n) is 7.88. The van der Waals surface area contributed by atoms with E-state index in [0.29, 0.717) is 17.4 Å². The fraction of sp³-hybridized carbons (Fsp3) is 0.0714. The molecule has 1 N–H and O–H groups in total. The lowest BCUT2D eigenvalue weighted by atomic mass is 10.1. The molecule has 0 bridgehead atoms. The van der Waals surface area contributed by atoms with Gasteiger partial charge in [0.2, 0.25) is 0 Å². The zero-order valence-corrected chi connectivity index (χ0v) is 18.7. The first-order chi connectivity index (χ1) is 16.0. The molecular formula is C28H21ClFNO2. The maximum atomic E-state index is 13.6. The third-order valence-corrected chi connectivity index (χ3v) is 6.22. The predicted octanol–water partition coefficient (Wildman–Crippen LogP) is 7.68. The van der Waals surface area contributed by atoms with E-state index in [4.69, 9.17) is 16.3 Å². The quantitative estimate of drug-likeness (QED) is 0.293. The van der Waals surface area contributed by atoms with Crippen molar-refractivity contribution in [2.75, 3.05) is 0 Å². The van der Waals surface area contributed by atoms with Gasteiger partial charge in [0.1, 0.15) is 23.9 Å². The average Bonchev–Trinajstić information content (AvgIpc) is 3.22. The Morgan fingerprint density at radius 1 is 0.909 bits per heavy atom. The van der Waals surface area contributed by atoms with Gasteiger partial charge in [-0.1, -0.05) is 54.1 Å². The zero-order valence-electron chi connectivity index (χ0n) is 17.9. The van der Waals surface area contributed by atoms with Gasteiger partial charge in [0.05, 0.1) is 21.9 Å². The normalized spacial score (nSPS) is 11.1. The minimum Gasteiger partial charge on any atom is -0.506 e. The molecule has 0 spiro atoms. The number of hydrogen-bond donors (Lipinski definition) is 1. The summed E-state index contributed by atoms with van der Waals surface area (Å²) < 4.78 is 22.0. The van der Waals surface area contributed by atoms with Gasteiger partial charge in [0.25, 0.3) is 0 Å². The summed E-state index contributed by atoms with van der Waals surface area (Å²) in [5.41, 5.74) is 5.20. The molecule has 4 aromatic carbocycles. The first-order valence-corrected chi connectivity index (χ1v) is 11.0. The Kier molecular flexibility index (Phi) is 5.53. The fourth-order valence-electron chi connectivity index (χ4n) is 4.07. The van der Waals surface area contributed by atoms with E-state index in [1.807, 2.05) is 61.5 Å². The maximum absolute atomic E-state index is 13.6. The van der Waals surface area contributed by atoms with Crippen molar-refractivity contribution in [3.8, 4) is 28.4 Å². The van der Waals surface area contributed by atoms with E-state index in [0.717, 1.165) is 39.0 Å². The van der Waals surface area contributed by atoms with Crippen LogP contribution in [0.4, 0.5) is 4.39 Å². The number of benzene rings is 4. The van der Waals surface area contributed by atoms with Crippen molar-refractivity contribution < 1.29 is 14.2 Å². The Morgan fingerprint density at radius 2 is 1.67 bits per heavy atom. The van der Waals surface area contributed by atoms with Crippen LogP contribution in [0.3, 0.4) is 0 Å². The number of nitrogens with zero attached hydrogens (tertiary/aromatic N) is 1. The van der Waals surface area contributed by atoms with Crippen LogP contribution in [0.5, 0.6) is 11.5 Å². The predicted molar refractivity (Wildman–Crippen MR) is 131 cm³/mol. The topological polar surface area (TPSA) is 34.4 Å². The van der Waals surface area contributed by atoms with E-state index in [2.05, 4.69) is 10.6 Å². The number of aromatic nitrogens is 1. The molecule has 0 radical (unpaired) electrons. The van der Waals surface area contributed by atoms with Crippen LogP contribution in [0, 0.1) is 12.7 Å². The van der Waals surface area contributed by atoms with Crippen molar-refractivity contribution in [1.82, 2.24) is 4.57 Å². The molecule has 0 aliphatic rings. The molecule has 1 heterocycles. The molecule has 5 rings (SSSR count). The summed E-state index contributed by atoms with van der Waals surface area (Å²) in [6.45, 7) is 2.29. The van der Waals surface area contributed by atoms with Gasteiger partial charge in [0.15, 0.2) is 0 Å². The van der Waals surface area contributed by atoms with E-state index in [1.54, 1.807) is 18.2 Å². The van der Waals surface area contributed by atoms with E-state index in [9.17, 15) is 9.50 Å². The van der Waals surface area contributed by atoms with Crippen molar-refractivity contribution >= 4 is 22.5 Å². The lowest BCUT2D eigenvalue weighted by Crippen LogP contribution is -2.03. The number of hydrogen-bond acceptors (Lipinski definition) is 2. The van der Waals surface area contributed by atoms with Crippen LogP contribution in [0.1, 0.15) is 11.1 Å². The van der Waals surface area contributed by atoms with E-state index >= 15 is 0 Å². The second-order valence-corrected chi connectivity index (χ2v) is 8.26. The Bertz CT molecular complexity index is 1440. The van der Waals surface area contributed by atoms with Gasteiger partial charge >= 0.3 is 0 Å². The highest BCUT2D eigenvalue weighted by molar-refractivity contribution is 6.33. The third-order valence-electron chi connectivity index (χ3n) is 5.74. The smallest absolute Gasteiger partial charge is 0.144 e. The third kappa shape index (κ3) is 3.94. The molecule has 1 aromatic heterocycles. The molecule has 33 heavy (non-hydrogen) atoms. The van der Waals surface area contributed by atoms with E-state index < -0.39 is 0 Å². The molecule has 5 heteroatoms. The number of para-hydroxylation sites is 1. The van der Waals surface area contributed by atoms with E-state index in [-0.39, 0.29) is 11.6 Å². The molecule has 0 unspecified atom stereocenters. The zero-order chi connectivity index (χ0) is 22.9. The average molecular weight is 458 g/mol. The van der Waals surface area contributed by atoms with Crippen molar-refractivity contribution in [2.24, 2.45) is 0 Å². The van der Waals surface area contributed by atoms with Gasteiger partial charge in [-0.05, 0) is 72.1 Å². The molecule has 0 saturated heterocycles. The summed E-state index contributed by atoms with van der Waals surface area (Å²) in [4.78, 5) is 0. The van der Waals surface area contributed by atoms with Gasteiger partial charge in [-0.25, -0.2) is 4.39 Å². The monoisotopic (exact) mass is 457 g/mol. The highest BCUT2D eigenvalue weighted by Gasteiger charge is 2.19. The summed E-state index contributed by atoms with van der Waals surface area (Å²) in [6.07, 6.45) is 0. The number of aromatic hydroxyl groups is 1. The first-order valence-electron chi connectivity index (χ1n) is 10.6. The molecule has 0 atom stereocenters. The Morgan fingerprint density at radius 3 is 2.42 bits per heavy atom. The highest BCUT2D eigenvalue weighted by atomic mass is 35.5. The van der Waals surface area contributed by atoms with Crippen molar-refractivity contribution in [1.29, 1.82) is 0 Å².